The molecule has 2 aromatic carbocycles. The number of fused-ring (bicyclic) bond motifs is 2. The highest BCUT2D eigenvalue weighted by molar-refractivity contribution is 7.99. The van der Waals surface area contributed by atoms with Crippen molar-refractivity contribution in [3.8, 4) is 0 Å². The van der Waals surface area contributed by atoms with Gasteiger partial charge in [-0.1, -0.05) is 36.0 Å². The minimum Gasteiger partial charge on any atom is -0.314 e. The molecule has 4 rings (SSSR count). The topological polar surface area (TPSA) is 53.4 Å². The van der Waals surface area contributed by atoms with Gasteiger partial charge in [-0.15, -0.1) is 11.3 Å². The minimum atomic E-state index is -0.346. The van der Waals surface area contributed by atoms with Crippen molar-refractivity contribution in [3.05, 3.63) is 59.0 Å². The predicted octanol–water partition coefficient (Wildman–Crippen LogP) is 5.58. The summed E-state index contributed by atoms with van der Waals surface area (Å²) in [4.78, 5) is 25.2. The first-order valence-corrected chi connectivity index (χ1v) is 11.3. The van der Waals surface area contributed by atoms with E-state index in [2.05, 4.69) is 50.9 Å². The molecule has 29 heavy (non-hydrogen) atoms. The maximum absolute atomic E-state index is 11.5. The number of nitrogens with zero attached hydrogens (tertiary/aromatic N) is 2. The highest BCUT2D eigenvalue weighted by Crippen LogP contribution is 2.32. The summed E-state index contributed by atoms with van der Waals surface area (Å²) >= 11 is 3.46. The fraction of sp³-hybridized carbons (Fsp3) is 0.273. The average molecular weight is 427 g/mol. The zero-order valence-electron chi connectivity index (χ0n) is 16.4. The first-order valence-electron chi connectivity index (χ1n) is 9.44. The molecule has 0 amide bonds. The molecule has 4 aromatic rings. The van der Waals surface area contributed by atoms with Crippen LogP contribution in [-0.2, 0) is 21.1 Å². The number of aryl methyl sites for hydroxylation is 1. The molecule has 150 valence electrons. The van der Waals surface area contributed by atoms with E-state index in [1.165, 1.54) is 28.3 Å². The van der Waals surface area contributed by atoms with Gasteiger partial charge in [-0.3, -0.25) is 4.89 Å². The molecule has 0 saturated heterocycles. The molecular formula is C22H22N2O3S2. The normalized spacial score (nSPS) is 11.4. The number of hydrogen-bond donors (Lipinski definition) is 0. The van der Waals surface area contributed by atoms with Crippen LogP contribution in [0.1, 0.15) is 24.0 Å². The lowest BCUT2D eigenvalue weighted by molar-refractivity contribution is -0.254. The third-order valence-corrected chi connectivity index (χ3v) is 6.82. The van der Waals surface area contributed by atoms with E-state index < -0.39 is 0 Å². The molecule has 5 nitrogen and oxygen atoms in total. The summed E-state index contributed by atoms with van der Waals surface area (Å²) in [5.74, 6) is 0.438. The molecule has 0 fully saturated rings. The van der Waals surface area contributed by atoms with E-state index in [0.29, 0.717) is 12.8 Å². The van der Waals surface area contributed by atoms with Crippen molar-refractivity contribution in [3.63, 3.8) is 0 Å². The summed E-state index contributed by atoms with van der Waals surface area (Å²) in [6, 6.07) is 14.7. The fourth-order valence-electron chi connectivity index (χ4n) is 3.46. The van der Waals surface area contributed by atoms with Crippen molar-refractivity contribution in [2.45, 2.75) is 31.5 Å². The van der Waals surface area contributed by atoms with Gasteiger partial charge in [-0.25, -0.2) is 9.78 Å². The monoisotopic (exact) mass is 426 g/mol. The molecular weight excluding hydrogens is 404 g/mol. The van der Waals surface area contributed by atoms with Gasteiger partial charge >= 0.3 is 5.97 Å². The second kappa shape index (κ2) is 8.98. The molecule has 0 atom stereocenters. The zero-order valence-corrected chi connectivity index (χ0v) is 18.0. The summed E-state index contributed by atoms with van der Waals surface area (Å²) in [6.45, 7) is 2.94. The summed E-state index contributed by atoms with van der Waals surface area (Å²) < 4.78 is 3.59. The number of thiophene rings is 1. The highest BCUT2D eigenvalue weighted by Gasteiger charge is 2.15. The Morgan fingerprint density at radius 3 is 2.93 bits per heavy atom. The molecule has 0 unspecified atom stereocenters. The summed E-state index contributed by atoms with van der Waals surface area (Å²) in [5.41, 5.74) is 4.73. The van der Waals surface area contributed by atoms with Crippen molar-refractivity contribution in [1.82, 2.24) is 9.55 Å². The van der Waals surface area contributed by atoms with E-state index in [1.54, 1.807) is 23.1 Å². The van der Waals surface area contributed by atoms with Crippen LogP contribution in [0, 0.1) is 6.92 Å². The van der Waals surface area contributed by atoms with E-state index in [4.69, 9.17) is 4.98 Å². The van der Waals surface area contributed by atoms with E-state index in [0.717, 1.165) is 28.5 Å². The molecule has 0 aliphatic rings. The lowest BCUT2D eigenvalue weighted by Crippen LogP contribution is -2.04. The Labute approximate surface area is 177 Å². The molecule has 0 N–H and O–H groups in total. The van der Waals surface area contributed by atoms with Crippen LogP contribution >= 0.6 is 23.1 Å². The number of imidazole rings is 1. The number of para-hydroxylation sites is 2. The molecule has 0 aliphatic carbocycles. The lowest BCUT2D eigenvalue weighted by Gasteiger charge is -2.09. The Morgan fingerprint density at radius 2 is 2.07 bits per heavy atom. The predicted molar refractivity (Wildman–Crippen MR) is 118 cm³/mol. The number of carbonyl (C=O) groups excluding carboxylic acids is 1. The molecule has 0 bridgehead atoms. The van der Waals surface area contributed by atoms with Crippen molar-refractivity contribution < 1.29 is 14.6 Å². The van der Waals surface area contributed by atoms with E-state index in [9.17, 15) is 4.79 Å². The van der Waals surface area contributed by atoms with E-state index >= 15 is 0 Å². The van der Waals surface area contributed by atoms with Crippen LogP contribution in [0.3, 0.4) is 0 Å². The van der Waals surface area contributed by atoms with Crippen molar-refractivity contribution in [2.24, 2.45) is 0 Å². The number of carbonyl (C=O) groups is 1. The van der Waals surface area contributed by atoms with Gasteiger partial charge in [0.15, 0.2) is 5.16 Å². The van der Waals surface area contributed by atoms with Crippen molar-refractivity contribution in [2.75, 3.05) is 12.9 Å². The molecule has 0 radical (unpaired) electrons. The van der Waals surface area contributed by atoms with Crippen molar-refractivity contribution in [1.29, 1.82) is 0 Å². The number of benzene rings is 2. The second-order valence-electron chi connectivity index (χ2n) is 6.75. The third-order valence-electron chi connectivity index (χ3n) is 4.76. The molecule has 0 aliphatic heterocycles. The third kappa shape index (κ3) is 4.32. The van der Waals surface area contributed by atoms with Gasteiger partial charge in [-0.2, -0.15) is 4.89 Å². The van der Waals surface area contributed by atoms with E-state index in [1.807, 2.05) is 18.2 Å². The fourth-order valence-corrected chi connectivity index (χ4v) is 5.44. The van der Waals surface area contributed by atoms with Crippen LogP contribution in [0.15, 0.2) is 53.0 Å². The van der Waals surface area contributed by atoms with Crippen LogP contribution in [-0.4, -0.2) is 28.4 Å². The number of rotatable bonds is 8. The summed E-state index contributed by atoms with van der Waals surface area (Å²) in [6.07, 6.45) is 1.03. The van der Waals surface area contributed by atoms with Crippen LogP contribution in [0.2, 0.25) is 0 Å². The van der Waals surface area contributed by atoms with Gasteiger partial charge in [0.2, 0.25) is 0 Å². The Balaban J connectivity index is 1.59. The van der Waals surface area contributed by atoms with Gasteiger partial charge in [0, 0.05) is 22.3 Å². The molecule has 0 saturated carbocycles. The summed E-state index contributed by atoms with van der Waals surface area (Å²) in [5, 5.41) is 4.56. The molecule has 2 heterocycles. The van der Waals surface area contributed by atoms with Crippen LogP contribution in [0.25, 0.3) is 21.1 Å². The molecule has 2 aromatic heterocycles. The van der Waals surface area contributed by atoms with Gasteiger partial charge < -0.3 is 4.57 Å². The molecule has 7 heteroatoms. The second-order valence-corrected chi connectivity index (χ2v) is 8.73. The number of hydrogen-bond acceptors (Lipinski definition) is 6. The van der Waals surface area contributed by atoms with Crippen molar-refractivity contribution >= 4 is 50.2 Å². The van der Waals surface area contributed by atoms with Gasteiger partial charge in [0.1, 0.15) is 0 Å². The van der Waals surface area contributed by atoms with Gasteiger partial charge in [-0.05, 0) is 48.1 Å². The Morgan fingerprint density at radius 1 is 1.21 bits per heavy atom. The van der Waals surface area contributed by atoms with Crippen LogP contribution < -0.4 is 0 Å². The lowest BCUT2D eigenvalue weighted by atomic mass is 10.1. The van der Waals surface area contributed by atoms with E-state index in [-0.39, 0.29) is 5.97 Å². The first-order chi connectivity index (χ1) is 14.2. The van der Waals surface area contributed by atoms with Gasteiger partial charge in [0.25, 0.3) is 0 Å². The number of thioether (sulfide) groups is 1. The Kier molecular flexibility index (Phi) is 6.18. The Hall–Kier alpha value is -2.35. The maximum atomic E-state index is 11.5. The quantitative estimate of drug-likeness (QED) is 0.159. The smallest absolute Gasteiger partial charge is 0.314 e. The zero-order chi connectivity index (χ0) is 20.2. The maximum Gasteiger partial charge on any atom is 0.342 e. The first kappa shape index (κ1) is 19.9. The highest BCUT2D eigenvalue weighted by atomic mass is 32.2. The minimum absolute atomic E-state index is 0.329. The average Bonchev–Trinajstić information content (AvgIpc) is 3.28. The number of aromatic nitrogens is 2. The SMILES string of the molecule is COOC(=O)CCCSc1nc2ccccc2n1Cc1csc2cccc(C)c12. The standard InChI is InChI=1S/C22H22N2O3S2/c1-15-7-5-10-19-21(15)16(14-29-19)13-24-18-9-4-3-8-17(18)23-22(24)28-12-6-11-20(25)27-26-2/h3-5,7-10,14H,6,11-13H2,1-2H3. The largest absolute Gasteiger partial charge is 0.342 e. The van der Waals surface area contributed by atoms with Crippen LogP contribution in [0.5, 0.6) is 0 Å². The van der Waals surface area contributed by atoms with Crippen LogP contribution in [0.4, 0.5) is 0 Å². The Bertz CT molecular complexity index is 1150. The molecule has 0 spiro atoms. The van der Waals surface area contributed by atoms with Gasteiger partial charge in [0.05, 0.1) is 24.7 Å². The summed E-state index contributed by atoms with van der Waals surface area (Å²) in [7, 11) is 1.34.